The lowest BCUT2D eigenvalue weighted by atomic mass is 15.9. The first kappa shape index (κ1) is 56.4. The maximum absolute atomic E-state index is 8.40. The van der Waals surface area contributed by atoms with Crippen molar-refractivity contribution in [2.24, 2.45) is 0 Å². The van der Waals surface area contributed by atoms with E-state index in [1.807, 2.05) is 0 Å². The molecule has 0 aromatic carbocycles. The second-order valence-corrected chi connectivity index (χ2v) is 0.250. The summed E-state index contributed by atoms with van der Waals surface area (Å²) in [5, 5.41) is 0. The molecular formula is H6AlO5Si. The minimum atomic E-state index is -1.42. The molecular weight excluding hydrogens is 135 g/mol. The van der Waals surface area contributed by atoms with Crippen molar-refractivity contribution in [2.75, 3.05) is 0 Å². The van der Waals surface area contributed by atoms with Crippen LogP contribution in [-0.2, 0) is 8.92 Å². The van der Waals surface area contributed by atoms with Crippen LogP contribution in [0.4, 0.5) is 0 Å². The van der Waals surface area contributed by atoms with Gasteiger partial charge in [-0.25, -0.2) is 0 Å². The Morgan fingerprint density at radius 2 is 0.857 bits per heavy atom. The molecule has 0 rings (SSSR count). The van der Waals surface area contributed by atoms with Crippen LogP contribution in [0.1, 0.15) is 0 Å². The summed E-state index contributed by atoms with van der Waals surface area (Å²) >= 11 is 0. The van der Waals surface area contributed by atoms with Gasteiger partial charge >= 0.3 is 9.29 Å². The molecule has 7 heteroatoms. The molecule has 0 unspecified atom stereocenters. The van der Waals surface area contributed by atoms with Crippen molar-refractivity contribution < 1.29 is 25.4 Å². The Labute approximate surface area is 52.7 Å². The average Bonchev–Trinajstić information content (AvgIpc) is 0.918. The van der Waals surface area contributed by atoms with E-state index in [-0.39, 0.29) is 33.8 Å². The first-order valence-corrected chi connectivity index (χ1v) is 1.22. The third kappa shape index (κ3) is 2120. The van der Waals surface area contributed by atoms with E-state index < -0.39 is 9.29 Å². The van der Waals surface area contributed by atoms with E-state index in [4.69, 9.17) is 8.92 Å². The maximum atomic E-state index is 8.40. The van der Waals surface area contributed by atoms with E-state index in [2.05, 4.69) is 0 Å². The summed E-state index contributed by atoms with van der Waals surface area (Å²) in [5.41, 5.74) is 0. The van der Waals surface area contributed by atoms with Crippen molar-refractivity contribution in [1.82, 2.24) is 0 Å². The quantitative estimate of drug-likeness (QED) is 0.324. The molecule has 0 aliphatic heterocycles. The highest BCUT2D eigenvalue weighted by Gasteiger charge is 1.22. The Morgan fingerprint density at radius 1 is 0.857 bits per heavy atom. The molecule has 0 saturated carbocycles. The monoisotopic (exact) mass is 141 g/mol. The summed E-state index contributed by atoms with van der Waals surface area (Å²) in [5.74, 6) is 0. The molecule has 0 saturated heterocycles. The smallest absolute Gasteiger partial charge is 0.412 e. The Hall–Kier alpha value is 0.229. The average molecular weight is 141 g/mol. The molecule has 0 fully saturated rings. The van der Waals surface area contributed by atoms with E-state index in [1.54, 1.807) is 0 Å². The van der Waals surface area contributed by atoms with E-state index in [9.17, 15) is 0 Å². The molecule has 43 valence electrons. The molecule has 0 heterocycles. The zero-order valence-electron chi connectivity index (χ0n) is 3.39. The second kappa shape index (κ2) is 113. The van der Waals surface area contributed by atoms with Gasteiger partial charge in [-0.2, -0.15) is 0 Å². The van der Waals surface area contributed by atoms with Crippen LogP contribution in [0.25, 0.3) is 0 Å². The van der Waals surface area contributed by atoms with Crippen molar-refractivity contribution in [3.63, 3.8) is 0 Å². The van der Waals surface area contributed by atoms with Gasteiger partial charge in [0, 0.05) is 17.4 Å². The minimum Gasteiger partial charge on any atom is -0.412 e. The van der Waals surface area contributed by atoms with Crippen LogP contribution in [0.3, 0.4) is 0 Å². The molecule has 0 aliphatic rings. The summed E-state index contributed by atoms with van der Waals surface area (Å²) in [7, 11) is -1.42. The van der Waals surface area contributed by atoms with Crippen LogP contribution in [0.5, 0.6) is 0 Å². The van der Waals surface area contributed by atoms with Crippen LogP contribution in [0.15, 0.2) is 0 Å². The van der Waals surface area contributed by atoms with E-state index >= 15 is 0 Å². The molecule has 0 bridgehead atoms. The number of hydrogen-bond acceptors (Lipinski definition) is 2. The topological polar surface area (TPSA) is 129 Å². The van der Waals surface area contributed by atoms with Crippen LogP contribution in [0.2, 0.25) is 0 Å². The van der Waals surface area contributed by atoms with Gasteiger partial charge in [-0.1, -0.05) is 0 Å². The first-order valence-electron chi connectivity index (χ1n) is 0.408. The Balaban J connectivity index is -0.00000000333. The summed E-state index contributed by atoms with van der Waals surface area (Å²) in [6, 6.07) is 0. The molecule has 5 nitrogen and oxygen atoms in total. The van der Waals surface area contributed by atoms with E-state index in [1.165, 1.54) is 0 Å². The van der Waals surface area contributed by atoms with Gasteiger partial charge in [-0.05, 0) is 0 Å². The van der Waals surface area contributed by atoms with Crippen LogP contribution < -0.4 is 0 Å². The van der Waals surface area contributed by atoms with Gasteiger partial charge in [-0.3, -0.25) is 8.92 Å². The van der Waals surface area contributed by atoms with Gasteiger partial charge in [0.2, 0.25) is 0 Å². The first-order chi connectivity index (χ1) is 1.41. The van der Waals surface area contributed by atoms with Crippen molar-refractivity contribution >= 4 is 26.7 Å². The van der Waals surface area contributed by atoms with Crippen molar-refractivity contribution in [1.29, 1.82) is 0 Å². The number of hydrogen-bond donors (Lipinski definition) is 0. The molecule has 0 spiro atoms. The molecule has 0 aromatic heterocycles. The van der Waals surface area contributed by atoms with Crippen molar-refractivity contribution in [2.45, 2.75) is 0 Å². The fourth-order valence-corrected chi connectivity index (χ4v) is 0. The fraction of sp³-hybridized carbons (Fsp3) is 0. The van der Waals surface area contributed by atoms with Gasteiger partial charge in [0.05, 0.1) is 0 Å². The standard InChI is InChI=1S/Al.O2Si.3H2O/c;1-3-2;;;/h;;3*1H2. The highest BCUT2D eigenvalue weighted by atomic mass is 28.2. The highest BCUT2D eigenvalue weighted by molar-refractivity contribution is 5.94. The second-order valence-electron chi connectivity index (χ2n) is 0.0833. The summed E-state index contributed by atoms with van der Waals surface area (Å²) in [6.45, 7) is 0. The predicted molar refractivity (Wildman–Crippen MR) is 23.7 cm³/mol. The van der Waals surface area contributed by atoms with E-state index in [0.717, 1.165) is 0 Å². The third-order valence-corrected chi connectivity index (χ3v) is 0. The number of rotatable bonds is 0. The molecule has 0 aliphatic carbocycles. The predicted octanol–water partition coefficient (Wildman–Crippen LogP) is -3.47. The summed E-state index contributed by atoms with van der Waals surface area (Å²) in [6.07, 6.45) is 0. The Kier molecular flexibility index (Phi) is 909. The largest absolute Gasteiger partial charge is 0.549 e. The molecule has 0 amide bonds. The summed E-state index contributed by atoms with van der Waals surface area (Å²) in [4.78, 5) is 0. The van der Waals surface area contributed by atoms with Gasteiger partial charge in [-0.15, -0.1) is 0 Å². The van der Waals surface area contributed by atoms with E-state index in [0.29, 0.717) is 0 Å². The zero-order valence-corrected chi connectivity index (χ0v) is 5.55. The maximum Gasteiger partial charge on any atom is 0.549 e. The lowest BCUT2D eigenvalue weighted by Crippen LogP contribution is -1.26. The molecule has 0 atom stereocenters. The fourth-order valence-electron chi connectivity index (χ4n) is 0. The molecule has 0 aromatic rings. The van der Waals surface area contributed by atoms with Crippen molar-refractivity contribution in [3.8, 4) is 0 Å². The van der Waals surface area contributed by atoms with Gasteiger partial charge in [0.25, 0.3) is 0 Å². The molecule has 3 radical (unpaired) electrons. The molecule has 7 heavy (non-hydrogen) atoms. The minimum absolute atomic E-state index is 0. The SMILES string of the molecule is O.O.O.O=[Si]=O.[Al]. The normalized spacial score (nSPS) is 1.14. The van der Waals surface area contributed by atoms with Crippen LogP contribution in [-0.4, -0.2) is 43.1 Å². The van der Waals surface area contributed by atoms with Gasteiger partial charge in [0.1, 0.15) is 0 Å². The highest BCUT2D eigenvalue weighted by Crippen LogP contribution is 0.759. The molecule has 6 N–H and O–H groups in total. The lowest BCUT2D eigenvalue weighted by molar-refractivity contribution is 0.497. The van der Waals surface area contributed by atoms with Gasteiger partial charge in [0.15, 0.2) is 0 Å². The zero-order chi connectivity index (χ0) is 2.71. The third-order valence-electron chi connectivity index (χ3n) is 0. The lowest BCUT2D eigenvalue weighted by Gasteiger charge is -0.944. The van der Waals surface area contributed by atoms with Gasteiger partial charge < -0.3 is 16.4 Å². The van der Waals surface area contributed by atoms with Crippen molar-refractivity contribution in [3.05, 3.63) is 0 Å². The Bertz CT molecular complexity index is 29.1. The Morgan fingerprint density at radius 3 is 0.857 bits per heavy atom. The van der Waals surface area contributed by atoms with Crippen LogP contribution in [0, 0.1) is 0 Å². The summed E-state index contributed by atoms with van der Waals surface area (Å²) < 4.78 is 16.8. The van der Waals surface area contributed by atoms with Crippen LogP contribution >= 0.6 is 0 Å².